The van der Waals surface area contributed by atoms with Crippen LogP contribution in [-0.2, 0) is 4.74 Å². The summed E-state index contributed by atoms with van der Waals surface area (Å²) >= 11 is 5.15. The van der Waals surface area contributed by atoms with Crippen molar-refractivity contribution in [1.29, 1.82) is 0 Å². The average Bonchev–Trinajstić information content (AvgIpc) is 2.60. The molecule has 80 valence electrons. The molecule has 0 amide bonds. The second kappa shape index (κ2) is 6.53. The zero-order chi connectivity index (χ0) is 10.4. The molecule has 0 aliphatic carbocycles. The Labute approximate surface area is 96.7 Å². The number of rotatable bonds is 6. The van der Waals surface area contributed by atoms with Crippen molar-refractivity contribution in [1.82, 2.24) is 5.43 Å². The molecule has 0 aliphatic heterocycles. The van der Waals surface area contributed by atoms with Gasteiger partial charge in [0.2, 0.25) is 0 Å². The highest BCUT2D eigenvalue weighted by Crippen LogP contribution is 2.28. The number of hydrogen-bond acceptors (Lipinski definition) is 4. The SMILES string of the molecule is CCCOCC(NN)c1sccc1Br. The normalized spacial score (nSPS) is 13.1. The van der Waals surface area contributed by atoms with Gasteiger partial charge in [0, 0.05) is 16.0 Å². The molecule has 1 aromatic rings. The second-order valence-electron chi connectivity index (χ2n) is 2.93. The van der Waals surface area contributed by atoms with Crippen molar-refractivity contribution >= 4 is 27.3 Å². The number of hydrazine groups is 1. The van der Waals surface area contributed by atoms with E-state index >= 15 is 0 Å². The molecule has 0 radical (unpaired) electrons. The van der Waals surface area contributed by atoms with Crippen LogP contribution >= 0.6 is 27.3 Å². The van der Waals surface area contributed by atoms with E-state index in [0.29, 0.717) is 6.61 Å². The van der Waals surface area contributed by atoms with E-state index < -0.39 is 0 Å². The van der Waals surface area contributed by atoms with Gasteiger partial charge in [-0.2, -0.15) is 0 Å². The third-order valence-corrected chi connectivity index (χ3v) is 3.78. The quantitative estimate of drug-likeness (QED) is 0.477. The Morgan fingerprint density at radius 3 is 3.00 bits per heavy atom. The number of hydrogen-bond donors (Lipinski definition) is 2. The van der Waals surface area contributed by atoms with E-state index in [2.05, 4.69) is 28.3 Å². The van der Waals surface area contributed by atoms with Crippen LogP contribution in [0.2, 0.25) is 0 Å². The monoisotopic (exact) mass is 278 g/mol. The molecule has 3 N–H and O–H groups in total. The van der Waals surface area contributed by atoms with Gasteiger partial charge in [0.25, 0.3) is 0 Å². The number of nitrogens with two attached hydrogens (primary N) is 1. The van der Waals surface area contributed by atoms with Gasteiger partial charge in [0.1, 0.15) is 0 Å². The Balaban J connectivity index is 2.50. The van der Waals surface area contributed by atoms with E-state index in [-0.39, 0.29) is 6.04 Å². The van der Waals surface area contributed by atoms with Gasteiger partial charge in [-0.05, 0) is 33.8 Å². The van der Waals surface area contributed by atoms with Gasteiger partial charge < -0.3 is 4.74 Å². The van der Waals surface area contributed by atoms with E-state index in [1.807, 2.05) is 11.4 Å². The van der Waals surface area contributed by atoms with Crippen molar-refractivity contribution in [2.75, 3.05) is 13.2 Å². The van der Waals surface area contributed by atoms with Crippen LogP contribution < -0.4 is 11.3 Å². The molecule has 1 heterocycles. The molecule has 0 saturated carbocycles. The maximum Gasteiger partial charge on any atom is 0.0797 e. The van der Waals surface area contributed by atoms with Crippen molar-refractivity contribution in [3.05, 3.63) is 20.8 Å². The van der Waals surface area contributed by atoms with Crippen LogP contribution in [0.5, 0.6) is 0 Å². The molecule has 14 heavy (non-hydrogen) atoms. The van der Waals surface area contributed by atoms with E-state index in [1.165, 1.54) is 4.88 Å². The molecule has 1 atom stereocenters. The fourth-order valence-corrected chi connectivity index (χ4v) is 2.79. The first-order chi connectivity index (χ1) is 6.79. The predicted octanol–water partition coefficient (Wildman–Crippen LogP) is 2.44. The van der Waals surface area contributed by atoms with Crippen LogP contribution in [0.25, 0.3) is 0 Å². The van der Waals surface area contributed by atoms with Gasteiger partial charge in [-0.3, -0.25) is 5.84 Å². The second-order valence-corrected chi connectivity index (χ2v) is 4.73. The Bertz CT molecular complexity index is 267. The van der Waals surface area contributed by atoms with Crippen LogP contribution in [0.4, 0.5) is 0 Å². The summed E-state index contributed by atoms with van der Waals surface area (Å²) in [5, 5.41) is 2.03. The summed E-state index contributed by atoms with van der Waals surface area (Å²) in [5.41, 5.74) is 2.76. The fourth-order valence-electron chi connectivity index (χ4n) is 1.10. The number of thiophene rings is 1. The van der Waals surface area contributed by atoms with Crippen LogP contribution in [0.15, 0.2) is 15.9 Å². The Morgan fingerprint density at radius 1 is 1.71 bits per heavy atom. The number of halogens is 1. The van der Waals surface area contributed by atoms with Gasteiger partial charge in [-0.15, -0.1) is 11.3 Å². The van der Waals surface area contributed by atoms with Crippen molar-refractivity contribution in [3.63, 3.8) is 0 Å². The summed E-state index contributed by atoms with van der Waals surface area (Å²) < 4.78 is 6.55. The Morgan fingerprint density at radius 2 is 2.50 bits per heavy atom. The summed E-state index contributed by atoms with van der Waals surface area (Å²) in [7, 11) is 0. The first-order valence-electron chi connectivity index (χ1n) is 4.56. The zero-order valence-electron chi connectivity index (χ0n) is 8.13. The largest absolute Gasteiger partial charge is 0.379 e. The minimum atomic E-state index is 0.0796. The van der Waals surface area contributed by atoms with Gasteiger partial charge in [-0.25, -0.2) is 5.43 Å². The van der Waals surface area contributed by atoms with Crippen LogP contribution in [0, 0.1) is 0 Å². The highest BCUT2D eigenvalue weighted by Gasteiger charge is 2.14. The molecule has 0 aliphatic rings. The molecule has 1 aromatic heterocycles. The molecule has 5 heteroatoms. The van der Waals surface area contributed by atoms with Gasteiger partial charge in [0.05, 0.1) is 12.6 Å². The Kier molecular flexibility index (Phi) is 5.66. The van der Waals surface area contributed by atoms with E-state index in [9.17, 15) is 0 Å². The molecule has 0 saturated heterocycles. The van der Waals surface area contributed by atoms with E-state index in [1.54, 1.807) is 11.3 Å². The number of ether oxygens (including phenoxy) is 1. The lowest BCUT2D eigenvalue weighted by molar-refractivity contribution is 0.113. The maximum absolute atomic E-state index is 5.47. The lowest BCUT2D eigenvalue weighted by Gasteiger charge is -2.14. The minimum Gasteiger partial charge on any atom is -0.379 e. The first-order valence-corrected chi connectivity index (χ1v) is 6.23. The van der Waals surface area contributed by atoms with Gasteiger partial charge in [-0.1, -0.05) is 6.92 Å². The van der Waals surface area contributed by atoms with Crippen molar-refractivity contribution < 1.29 is 4.74 Å². The standard InChI is InChI=1S/C9H15BrN2OS/c1-2-4-13-6-8(12-11)9-7(10)3-5-14-9/h3,5,8,12H,2,4,6,11H2,1H3. The summed E-state index contributed by atoms with van der Waals surface area (Å²) in [5.74, 6) is 5.47. The van der Waals surface area contributed by atoms with Gasteiger partial charge in [0.15, 0.2) is 0 Å². The summed E-state index contributed by atoms with van der Waals surface area (Å²) in [6.07, 6.45) is 1.03. The molecule has 0 spiro atoms. The smallest absolute Gasteiger partial charge is 0.0797 e. The molecule has 1 unspecified atom stereocenters. The molecular weight excluding hydrogens is 264 g/mol. The van der Waals surface area contributed by atoms with Gasteiger partial charge >= 0.3 is 0 Å². The lowest BCUT2D eigenvalue weighted by atomic mass is 10.3. The van der Waals surface area contributed by atoms with Crippen molar-refractivity contribution in [2.24, 2.45) is 5.84 Å². The highest BCUT2D eigenvalue weighted by molar-refractivity contribution is 9.10. The fraction of sp³-hybridized carbons (Fsp3) is 0.556. The Hall–Kier alpha value is 0.0600. The minimum absolute atomic E-state index is 0.0796. The van der Waals surface area contributed by atoms with Crippen LogP contribution in [-0.4, -0.2) is 13.2 Å². The molecule has 0 aromatic carbocycles. The number of nitrogens with one attached hydrogen (secondary N) is 1. The lowest BCUT2D eigenvalue weighted by Crippen LogP contribution is -2.31. The van der Waals surface area contributed by atoms with Crippen molar-refractivity contribution in [3.8, 4) is 0 Å². The molecule has 3 nitrogen and oxygen atoms in total. The molecule has 1 rings (SSSR count). The van der Waals surface area contributed by atoms with E-state index in [0.717, 1.165) is 17.5 Å². The zero-order valence-corrected chi connectivity index (χ0v) is 10.5. The third-order valence-electron chi connectivity index (χ3n) is 1.80. The summed E-state index contributed by atoms with van der Waals surface area (Å²) in [6.45, 7) is 3.48. The molecular formula is C9H15BrN2OS. The van der Waals surface area contributed by atoms with E-state index in [4.69, 9.17) is 10.6 Å². The molecule has 0 fully saturated rings. The summed E-state index contributed by atoms with van der Waals surface area (Å²) in [4.78, 5) is 1.18. The highest BCUT2D eigenvalue weighted by atomic mass is 79.9. The molecule has 0 bridgehead atoms. The summed E-state index contributed by atoms with van der Waals surface area (Å²) in [6, 6.07) is 2.10. The maximum atomic E-state index is 5.47. The predicted molar refractivity (Wildman–Crippen MR) is 63.2 cm³/mol. The topological polar surface area (TPSA) is 47.3 Å². The van der Waals surface area contributed by atoms with Crippen molar-refractivity contribution in [2.45, 2.75) is 19.4 Å². The third kappa shape index (κ3) is 3.33. The van der Waals surface area contributed by atoms with Crippen LogP contribution in [0.3, 0.4) is 0 Å². The van der Waals surface area contributed by atoms with Crippen LogP contribution in [0.1, 0.15) is 24.3 Å². The average molecular weight is 279 g/mol. The first kappa shape index (κ1) is 12.1.